The molecule has 0 aliphatic carbocycles. The summed E-state index contributed by atoms with van der Waals surface area (Å²) in [5, 5.41) is 0. The first-order chi connectivity index (χ1) is 9.85. The number of hydrogen-bond donors (Lipinski definition) is 0. The molecule has 0 bridgehead atoms. The number of benzene rings is 2. The quantitative estimate of drug-likeness (QED) is 0.457. The van der Waals surface area contributed by atoms with Crippen LogP contribution >= 0.6 is 31.9 Å². The maximum atomic E-state index is 11.4. The van der Waals surface area contributed by atoms with Gasteiger partial charge in [0.1, 0.15) is 11.0 Å². The lowest BCUT2D eigenvalue weighted by Gasteiger charge is -2.10. The van der Waals surface area contributed by atoms with Crippen LogP contribution in [0, 0.1) is 0 Å². The van der Waals surface area contributed by atoms with Crippen LogP contribution in [-0.4, -0.2) is 24.6 Å². The van der Waals surface area contributed by atoms with E-state index in [-0.39, 0.29) is 5.75 Å². The number of nitrogens with zero attached hydrogens (tertiary/aromatic N) is 2. The van der Waals surface area contributed by atoms with Gasteiger partial charge in [-0.1, -0.05) is 12.1 Å². The number of aromatic nitrogens is 2. The van der Waals surface area contributed by atoms with Crippen LogP contribution < -0.4 is 4.18 Å². The van der Waals surface area contributed by atoms with Crippen molar-refractivity contribution in [2.45, 2.75) is 0 Å². The summed E-state index contributed by atoms with van der Waals surface area (Å²) in [5.74, 6) is 0.133. The van der Waals surface area contributed by atoms with Crippen molar-refractivity contribution in [1.82, 2.24) is 9.97 Å². The van der Waals surface area contributed by atoms with E-state index in [1.54, 1.807) is 12.1 Å². The molecule has 3 rings (SSSR count). The molecule has 21 heavy (non-hydrogen) atoms. The monoisotopic (exact) mass is 430 g/mol. The molecule has 1 heterocycles. The van der Waals surface area contributed by atoms with Gasteiger partial charge in [0, 0.05) is 4.47 Å². The summed E-state index contributed by atoms with van der Waals surface area (Å²) < 4.78 is 29.1. The fourth-order valence-electron chi connectivity index (χ4n) is 1.91. The van der Waals surface area contributed by atoms with Gasteiger partial charge in [-0.3, -0.25) is 0 Å². The van der Waals surface area contributed by atoms with E-state index in [4.69, 9.17) is 4.18 Å². The van der Waals surface area contributed by atoms with E-state index in [2.05, 4.69) is 41.8 Å². The highest BCUT2D eigenvalue weighted by molar-refractivity contribution is 9.11. The van der Waals surface area contributed by atoms with Gasteiger partial charge in [0.2, 0.25) is 0 Å². The van der Waals surface area contributed by atoms with Gasteiger partial charge in [-0.2, -0.15) is 8.42 Å². The van der Waals surface area contributed by atoms with E-state index in [0.29, 0.717) is 25.5 Å². The molecule has 0 aliphatic rings. The summed E-state index contributed by atoms with van der Waals surface area (Å²) in [6.45, 7) is 0. The van der Waals surface area contributed by atoms with E-state index in [9.17, 15) is 8.42 Å². The maximum absolute atomic E-state index is 11.4. The van der Waals surface area contributed by atoms with Gasteiger partial charge < -0.3 is 4.18 Å². The summed E-state index contributed by atoms with van der Waals surface area (Å²) in [6, 6.07) is 9.04. The second kappa shape index (κ2) is 5.19. The Morgan fingerprint density at radius 1 is 1.00 bits per heavy atom. The third-order valence-electron chi connectivity index (χ3n) is 2.72. The smallest absolute Gasteiger partial charge is 0.306 e. The summed E-state index contributed by atoms with van der Waals surface area (Å²) in [7, 11) is -3.67. The minimum absolute atomic E-state index is 0.133. The van der Waals surface area contributed by atoms with E-state index < -0.39 is 10.1 Å². The van der Waals surface area contributed by atoms with Gasteiger partial charge in [0.25, 0.3) is 0 Å². The molecule has 5 nitrogen and oxygen atoms in total. The van der Waals surface area contributed by atoms with E-state index in [1.165, 1.54) is 0 Å². The Morgan fingerprint density at radius 3 is 2.14 bits per heavy atom. The summed E-state index contributed by atoms with van der Waals surface area (Å²) >= 11 is 6.71. The molecular weight excluding hydrogens is 424 g/mol. The van der Waals surface area contributed by atoms with Crippen LogP contribution in [0.4, 0.5) is 0 Å². The number of para-hydroxylation sites is 2. The second-order valence-electron chi connectivity index (χ2n) is 4.37. The maximum Gasteiger partial charge on any atom is 0.306 e. The van der Waals surface area contributed by atoms with Crippen LogP contribution in [0.5, 0.6) is 5.75 Å². The molecule has 0 saturated carbocycles. The van der Waals surface area contributed by atoms with Gasteiger partial charge in [-0.15, -0.1) is 0 Å². The highest BCUT2D eigenvalue weighted by Gasteiger charge is 2.18. The average molecular weight is 432 g/mol. The van der Waals surface area contributed by atoms with Crippen molar-refractivity contribution in [2.75, 3.05) is 6.26 Å². The minimum atomic E-state index is -3.67. The highest BCUT2D eigenvalue weighted by atomic mass is 79.9. The zero-order valence-electron chi connectivity index (χ0n) is 10.7. The lowest BCUT2D eigenvalue weighted by molar-refractivity contribution is 0.493. The van der Waals surface area contributed by atoms with Crippen LogP contribution in [0.1, 0.15) is 0 Å². The first-order valence-corrected chi connectivity index (χ1v) is 9.19. The topological polar surface area (TPSA) is 69.2 Å². The third-order valence-corrected chi connectivity index (χ3v) is 4.38. The van der Waals surface area contributed by atoms with Crippen molar-refractivity contribution in [3.8, 4) is 5.75 Å². The number of halogens is 2. The van der Waals surface area contributed by atoms with E-state index in [0.717, 1.165) is 11.8 Å². The van der Waals surface area contributed by atoms with Crippen LogP contribution in [0.3, 0.4) is 0 Å². The molecule has 1 aromatic heterocycles. The van der Waals surface area contributed by atoms with Crippen molar-refractivity contribution in [2.24, 2.45) is 0 Å². The molecule has 0 amide bonds. The summed E-state index contributed by atoms with van der Waals surface area (Å²) in [6.07, 6.45) is 0.988. The first-order valence-electron chi connectivity index (χ1n) is 5.79. The number of rotatable bonds is 2. The van der Waals surface area contributed by atoms with Gasteiger partial charge in [-0.25, -0.2) is 9.97 Å². The zero-order valence-corrected chi connectivity index (χ0v) is 14.7. The van der Waals surface area contributed by atoms with Gasteiger partial charge in [-0.05, 0) is 50.1 Å². The Bertz CT molecular complexity index is 974. The number of hydrogen-bond acceptors (Lipinski definition) is 5. The standard InChI is InChI=1S/C13H8Br2N2O3S/c1-21(18,19)20-13-8(15)6-7(14)11-12(13)17-10-5-3-2-4-9(10)16-11/h2-6H,1H3. The molecule has 0 fully saturated rings. The number of fused-ring (bicyclic) bond motifs is 2. The lowest BCUT2D eigenvalue weighted by atomic mass is 10.2. The molecule has 2 aromatic carbocycles. The zero-order chi connectivity index (χ0) is 15.2. The van der Waals surface area contributed by atoms with Crippen LogP contribution in [0.25, 0.3) is 22.1 Å². The van der Waals surface area contributed by atoms with Crippen molar-refractivity contribution in [1.29, 1.82) is 0 Å². The highest BCUT2D eigenvalue weighted by Crippen LogP contribution is 2.38. The molecule has 0 unspecified atom stereocenters. The molecule has 8 heteroatoms. The average Bonchev–Trinajstić information content (AvgIpc) is 2.41. The van der Waals surface area contributed by atoms with Gasteiger partial charge in [0.05, 0.1) is 21.8 Å². The van der Waals surface area contributed by atoms with Crippen molar-refractivity contribution < 1.29 is 12.6 Å². The van der Waals surface area contributed by atoms with Gasteiger partial charge in [0.15, 0.2) is 5.75 Å². The Morgan fingerprint density at radius 2 is 1.57 bits per heavy atom. The molecule has 108 valence electrons. The van der Waals surface area contributed by atoms with Crippen LogP contribution in [0.2, 0.25) is 0 Å². The minimum Gasteiger partial charge on any atom is -0.379 e. The van der Waals surface area contributed by atoms with Crippen LogP contribution in [0.15, 0.2) is 39.3 Å². The summed E-state index contributed by atoms with van der Waals surface area (Å²) in [4.78, 5) is 8.98. The Hall–Kier alpha value is -1.25. The predicted molar refractivity (Wildman–Crippen MR) is 87.9 cm³/mol. The normalized spacial score (nSPS) is 12.0. The van der Waals surface area contributed by atoms with E-state index in [1.807, 2.05) is 18.2 Å². The fourth-order valence-corrected chi connectivity index (χ4v) is 3.80. The van der Waals surface area contributed by atoms with Gasteiger partial charge >= 0.3 is 10.1 Å². The molecule has 0 atom stereocenters. The Balaban J connectivity index is 2.43. The van der Waals surface area contributed by atoms with Crippen LogP contribution in [-0.2, 0) is 10.1 Å². The predicted octanol–water partition coefficient (Wildman–Crippen LogP) is 3.65. The Labute approximate surface area is 137 Å². The molecule has 0 aliphatic heterocycles. The lowest BCUT2D eigenvalue weighted by Crippen LogP contribution is -2.07. The SMILES string of the molecule is CS(=O)(=O)Oc1c(Br)cc(Br)c2nc3ccccc3nc12. The molecule has 0 saturated heterocycles. The van der Waals surface area contributed by atoms with Crippen molar-refractivity contribution >= 4 is 64.0 Å². The largest absolute Gasteiger partial charge is 0.379 e. The molecule has 0 spiro atoms. The Kier molecular flexibility index (Phi) is 3.62. The fraction of sp³-hybridized carbons (Fsp3) is 0.0769. The first kappa shape index (κ1) is 14.7. The molecule has 3 aromatic rings. The van der Waals surface area contributed by atoms with E-state index >= 15 is 0 Å². The molecule has 0 N–H and O–H groups in total. The second-order valence-corrected chi connectivity index (χ2v) is 7.65. The molecular formula is C13H8Br2N2O3S. The van der Waals surface area contributed by atoms with Crippen molar-refractivity contribution in [3.63, 3.8) is 0 Å². The third kappa shape index (κ3) is 2.88. The summed E-state index contributed by atoms with van der Waals surface area (Å²) in [5.41, 5.74) is 2.29. The molecule has 0 radical (unpaired) electrons. The van der Waals surface area contributed by atoms with Crippen molar-refractivity contribution in [3.05, 3.63) is 39.3 Å².